The second-order valence-corrected chi connectivity index (χ2v) is 7.37. The van der Waals surface area contributed by atoms with Crippen molar-refractivity contribution < 1.29 is 0 Å². The van der Waals surface area contributed by atoms with Gasteiger partial charge in [-0.05, 0) is 43.7 Å². The van der Waals surface area contributed by atoms with Gasteiger partial charge in [0, 0.05) is 26.3 Å². The highest BCUT2D eigenvalue weighted by molar-refractivity contribution is 9.10. The van der Waals surface area contributed by atoms with Crippen LogP contribution in [0.15, 0.2) is 68.6 Å². The molecular weight excluding hydrogens is 444 g/mol. The molecule has 1 N–H and O–H groups in total. The third-order valence-electron chi connectivity index (χ3n) is 3.56. The molecule has 0 aliphatic heterocycles. The predicted octanol–water partition coefficient (Wildman–Crippen LogP) is 5.81. The van der Waals surface area contributed by atoms with Crippen molar-refractivity contribution in [2.24, 2.45) is 5.10 Å². The Morgan fingerprint density at radius 2 is 1.52 bits per heavy atom. The standard InChI is InChI=1S/C19H16Br2N4/c1-12-11-18(23-19(22-12)15-5-9-17(21)10-6-15)25-24-13(2)14-3-7-16(20)8-4-14/h3-11H,1-2H3,(H,22,23,25). The van der Waals surface area contributed by atoms with E-state index in [0.29, 0.717) is 11.6 Å². The summed E-state index contributed by atoms with van der Waals surface area (Å²) in [4.78, 5) is 9.07. The van der Waals surface area contributed by atoms with E-state index < -0.39 is 0 Å². The fourth-order valence-electron chi connectivity index (χ4n) is 2.25. The van der Waals surface area contributed by atoms with Crippen LogP contribution in [0.1, 0.15) is 18.2 Å². The first kappa shape index (κ1) is 17.8. The lowest BCUT2D eigenvalue weighted by Gasteiger charge is -2.07. The molecule has 0 amide bonds. The molecule has 0 aliphatic rings. The third kappa shape index (κ3) is 4.74. The number of anilines is 1. The van der Waals surface area contributed by atoms with Gasteiger partial charge in [-0.15, -0.1) is 0 Å². The van der Waals surface area contributed by atoms with Crippen LogP contribution in [0.25, 0.3) is 11.4 Å². The number of nitrogens with one attached hydrogen (secondary N) is 1. The van der Waals surface area contributed by atoms with Gasteiger partial charge in [0.1, 0.15) is 0 Å². The van der Waals surface area contributed by atoms with Crippen molar-refractivity contribution in [3.05, 3.63) is 74.8 Å². The Kier molecular flexibility index (Phi) is 5.60. The SMILES string of the molecule is CC(=NNc1cc(C)nc(-c2ccc(Br)cc2)n1)c1ccc(Br)cc1. The number of aromatic nitrogens is 2. The van der Waals surface area contributed by atoms with E-state index in [1.54, 1.807) is 0 Å². The first-order valence-electron chi connectivity index (χ1n) is 7.69. The maximum absolute atomic E-state index is 4.56. The van der Waals surface area contributed by atoms with Crippen molar-refractivity contribution in [3.8, 4) is 11.4 Å². The third-order valence-corrected chi connectivity index (χ3v) is 4.61. The number of benzene rings is 2. The summed E-state index contributed by atoms with van der Waals surface area (Å²) in [5, 5.41) is 4.44. The maximum atomic E-state index is 4.56. The lowest BCUT2D eigenvalue weighted by atomic mass is 10.1. The van der Waals surface area contributed by atoms with E-state index >= 15 is 0 Å². The van der Waals surface area contributed by atoms with Crippen LogP contribution in [0.4, 0.5) is 5.82 Å². The summed E-state index contributed by atoms with van der Waals surface area (Å²) < 4.78 is 2.07. The minimum atomic E-state index is 0.668. The van der Waals surface area contributed by atoms with Crippen molar-refractivity contribution in [1.82, 2.24) is 9.97 Å². The first-order chi connectivity index (χ1) is 12.0. The van der Waals surface area contributed by atoms with Crippen LogP contribution in [0.3, 0.4) is 0 Å². The Morgan fingerprint density at radius 3 is 2.16 bits per heavy atom. The zero-order valence-electron chi connectivity index (χ0n) is 13.8. The highest BCUT2D eigenvalue weighted by Crippen LogP contribution is 2.20. The highest BCUT2D eigenvalue weighted by atomic mass is 79.9. The van der Waals surface area contributed by atoms with E-state index in [-0.39, 0.29) is 0 Å². The molecule has 1 heterocycles. The highest BCUT2D eigenvalue weighted by Gasteiger charge is 2.05. The zero-order valence-corrected chi connectivity index (χ0v) is 17.0. The molecular formula is C19H16Br2N4. The number of nitrogens with zero attached hydrogens (tertiary/aromatic N) is 3. The number of hydrogen-bond donors (Lipinski definition) is 1. The molecule has 3 rings (SSSR count). The normalized spacial score (nSPS) is 11.4. The monoisotopic (exact) mass is 458 g/mol. The molecule has 0 aliphatic carbocycles. The van der Waals surface area contributed by atoms with Gasteiger partial charge >= 0.3 is 0 Å². The molecule has 4 nitrogen and oxygen atoms in total. The summed E-state index contributed by atoms with van der Waals surface area (Å²) in [5.74, 6) is 1.34. The molecule has 0 fully saturated rings. The van der Waals surface area contributed by atoms with Gasteiger partial charge in [-0.1, -0.05) is 56.1 Å². The van der Waals surface area contributed by atoms with Crippen molar-refractivity contribution in [3.63, 3.8) is 0 Å². The van der Waals surface area contributed by atoms with Crippen LogP contribution < -0.4 is 5.43 Å². The van der Waals surface area contributed by atoms with Crippen LogP contribution in [0.2, 0.25) is 0 Å². The van der Waals surface area contributed by atoms with Crippen molar-refractivity contribution in [1.29, 1.82) is 0 Å². The van der Waals surface area contributed by atoms with Crippen molar-refractivity contribution in [2.45, 2.75) is 13.8 Å². The minimum Gasteiger partial charge on any atom is -0.261 e. The largest absolute Gasteiger partial charge is 0.261 e. The number of hydrogen-bond acceptors (Lipinski definition) is 4. The average Bonchev–Trinajstić information content (AvgIpc) is 2.60. The van der Waals surface area contributed by atoms with Crippen LogP contribution in [-0.2, 0) is 0 Å². The Morgan fingerprint density at radius 1 is 0.920 bits per heavy atom. The van der Waals surface area contributed by atoms with E-state index in [2.05, 4.69) is 52.4 Å². The Bertz CT molecular complexity index is 904. The number of halogens is 2. The van der Waals surface area contributed by atoms with Gasteiger partial charge in [0.25, 0.3) is 0 Å². The van der Waals surface area contributed by atoms with E-state index in [1.807, 2.05) is 68.4 Å². The minimum absolute atomic E-state index is 0.668. The van der Waals surface area contributed by atoms with Crippen LogP contribution in [0, 0.1) is 6.92 Å². The van der Waals surface area contributed by atoms with Gasteiger partial charge in [0.2, 0.25) is 0 Å². The van der Waals surface area contributed by atoms with Gasteiger partial charge in [-0.3, -0.25) is 5.43 Å². The first-order valence-corrected chi connectivity index (χ1v) is 9.28. The van der Waals surface area contributed by atoms with Gasteiger partial charge in [-0.25, -0.2) is 9.97 Å². The molecule has 0 saturated heterocycles. The summed E-state index contributed by atoms with van der Waals surface area (Å²) in [6.07, 6.45) is 0. The molecule has 126 valence electrons. The summed E-state index contributed by atoms with van der Waals surface area (Å²) in [5.41, 5.74) is 6.81. The van der Waals surface area contributed by atoms with Crippen LogP contribution in [-0.4, -0.2) is 15.7 Å². The molecule has 0 radical (unpaired) electrons. The van der Waals surface area contributed by atoms with Gasteiger partial charge in [-0.2, -0.15) is 5.10 Å². The topological polar surface area (TPSA) is 50.2 Å². The molecule has 0 saturated carbocycles. The molecule has 3 aromatic rings. The predicted molar refractivity (Wildman–Crippen MR) is 110 cm³/mol. The molecule has 0 spiro atoms. The van der Waals surface area contributed by atoms with E-state index in [4.69, 9.17) is 0 Å². The van der Waals surface area contributed by atoms with Crippen LogP contribution >= 0.6 is 31.9 Å². The van der Waals surface area contributed by atoms with Crippen LogP contribution in [0.5, 0.6) is 0 Å². The molecule has 0 unspecified atom stereocenters. The Balaban J connectivity index is 1.84. The smallest absolute Gasteiger partial charge is 0.161 e. The molecule has 25 heavy (non-hydrogen) atoms. The van der Waals surface area contributed by atoms with E-state index in [0.717, 1.165) is 31.5 Å². The second kappa shape index (κ2) is 7.89. The second-order valence-electron chi connectivity index (χ2n) is 5.54. The molecule has 0 atom stereocenters. The summed E-state index contributed by atoms with van der Waals surface area (Å²) >= 11 is 6.88. The van der Waals surface area contributed by atoms with E-state index in [9.17, 15) is 0 Å². The maximum Gasteiger partial charge on any atom is 0.161 e. The number of rotatable bonds is 4. The number of hydrazone groups is 1. The fourth-order valence-corrected chi connectivity index (χ4v) is 2.78. The van der Waals surface area contributed by atoms with E-state index in [1.165, 1.54) is 0 Å². The quantitative estimate of drug-likeness (QED) is 0.395. The number of aryl methyl sites for hydroxylation is 1. The Hall–Kier alpha value is -2.05. The van der Waals surface area contributed by atoms with Crippen molar-refractivity contribution in [2.75, 3.05) is 5.43 Å². The van der Waals surface area contributed by atoms with Gasteiger partial charge < -0.3 is 0 Å². The molecule has 1 aromatic heterocycles. The summed E-state index contributed by atoms with van der Waals surface area (Å²) in [6, 6.07) is 17.8. The molecule has 2 aromatic carbocycles. The fraction of sp³-hybridized carbons (Fsp3) is 0.105. The lowest BCUT2D eigenvalue weighted by Crippen LogP contribution is -2.02. The van der Waals surface area contributed by atoms with Crippen molar-refractivity contribution >= 4 is 43.4 Å². The van der Waals surface area contributed by atoms with Gasteiger partial charge in [0.15, 0.2) is 11.6 Å². The summed E-state index contributed by atoms with van der Waals surface area (Å²) in [6.45, 7) is 3.90. The lowest BCUT2D eigenvalue weighted by molar-refractivity contribution is 1.09. The average molecular weight is 460 g/mol. The summed E-state index contributed by atoms with van der Waals surface area (Å²) in [7, 11) is 0. The molecule has 0 bridgehead atoms. The molecule has 6 heteroatoms. The zero-order chi connectivity index (χ0) is 17.8. The van der Waals surface area contributed by atoms with Gasteiger partial charge in [0.05, 0.1) is 5.71 Å². The Labute approximate surface area is 163 Å².